The van der Waals surface area contributed by atoms with Crippen LogP contribution in [0, 0.1) is 0 Å². The van der Waals surface area contributed by atoms with Crippen LogP contribution >= 0.6 is 0 Å². The number of carbonyl (C=O) groups is 3. The summed E-state index contributed by atoms with van der Waals surface area (Å²) in [6, 6.07) is 10.9. The average molecular weight is 435 g/mol. The van der Waals surface area contributed by atoms with Gasteiger partial charge < -0.3 is 26.4 Å². The fourth-order valence-corrected chi connectivity index (χ4v) is 3.93. The van der Waals surface area contributed by atoms with Gasteiger partial charge in [-0.05, 0) is 47.0 Å². The Labute approximate surface area is 185 Å². The molecule has 2 aliphatic heterocycles. The molecule has 2 aromatic carbocycles. The summed E-state index contributed by atoms with van der Waals surface area (Å²) in [6.07, 6.45) is 0.248. The molecular weight excluding hydrogens is 410 g/mol. The summed E-state index contributed by atoms with van der Waals surface area (Å²) in [5, 5.41) is 15.0. The van der Waals surface area contributed by atoms with Crippen LogP contribution in [0.2, 0.25) is 0 Å². The third-order valence-corrected chi connectivity index (χ3v) is 5.60. The monoisotopic (exact) mass is 435 g/mol. The van der Waals surface area contributed by atoms with Gasteiger partial charge in [0.05, 0.1) is 19.6 Å². The van der Waals surface area contributed by atoms with Gasteiger partial charge in [0.25, 0.3) is 0 Å². The molecule has 166 valence electrons. The molecule has 9 heteroatoms. The molecule has 5 N–H and O–H groups in total. The number of amides is 3. The van der Waals surface area contributed by atoms with Gasteiger partial charge in [-0.1, -0.05) is 6.07 Å². The number of aliphatic hydroxyl groups excluding tert-OH is 1. The Balaban J connectivity index is 1.38. The van der Waals surface area contributed by atoms with E-state index in [4.69, 9.17) is 5.73 Å². The highest BCUT2D eigenvalue weighted by molar-refractivity contribution is 6.02. The van der Waals surface area contributed by atoms with E-state index in [-0.39, 0.29) is 50.1 Å². The van der Waals surface area contributed by atoms with Gasteiger partial charge in [0, 0.05) is 42.9 Å². The predicted molar refractivity (Wildman–Crippen MR) is 120 cm³/mol. The smallest absolute Gasteiger partial charge is 0.227 e. The van der Waals surface area contributed by atoms with Crippen LogP contribution in [0.4, 0.5) is 11.4 Å². The Kier molecular flexibility index (Phi) is 6.18. The number of benzene rings is 2. The fourth-order valence-electron chi connectivity index (χ4n) is 3.93. The second kappa shape index (κ2) is 9.19. The van der Waals surface area contributed by atoms with E-state index >= 15 is 0 Å². The van der Waals surface area contributed by atoms with Crippen molar-refractivity contribution in [3.05, 3.63) is 58.7 Å². The molecule has 2 aromatic rings. The van der Waals surface area contributed by atoms with Crippen molar-refractivity contribution in [1.82, 2.24) is 5.32 Å². The van der Waals surface area contributed by atoms with Crippen LogP contribution in [0.5, 0.6) is 0 Å². The Bertz CT molecular complexity index is 1110. The molecule has 0 aromatic heterocycles. The first kappa shape index (κ1) is 21.5. The van der Waals surface area contributed by atoms with Crippen molar-refractivity contribution in [2.75, 3.05) is 23.4 Å². The van der Waals surface area contributed by atoms with E-state index in [1.165, 1.54) is 4.90 Å². The lowest BCUT2D eigenvalue weighted by Crippen LogP contribution is -2.35. The van der Waals surface area contributed by atoms with Crippen LogP contribution in [-0.4, -0.2) is 41.8 Å². The van der Waals surface area contributed by atoms with Crippen molar-refractivity contribution < 1.29 is 19.5 Å². The summed E-state index contributed by atoms with van der Waals surface area (Å²) in [4.78, 5) is 42.5. The quantitative estimate of drug-likeness (QED) is 0.510. The van der Waals surface area contributed by atoms with Gasteiger partial charge in [-0.2, -0.15) is 0 Å². The molecule has 0 aliphatic carbocycles. The second-order valence-corrected chi connectivity index (χ2v) is 7.80. The number of carbonyl (C=O) groups excluding carboxylic acids is 3. The number of aliphatic imine (C=N–C) groups is 1. The zero-order chi connectivity index (χ0) is 22.7. The van der Waals surface area contributed by atoms with Gasteiger partial charge in [-0.25, -0.2) is 0 Å². The van der Waals surface area contributed by atoms with Crippen molar-refractivity contribution in [3.63, 3.8) is 0 Å². The van der Waals surface area contributed by atoms with Gasteiger partial charge in [-0.15, -0.1) is 0 Å². The van der Waals surface area contributed by atoms with Crippen LogP contribution in [0.15, 0.2) is 41.4 Å². The summed E-state index contributed by atoms with van der Waals surface area (Å²) in [5.41, 5.74) is 10.7. The highest BCUT2D eigenvalue weighted by atomic mass is 16.3. The van der Waals surface area contributed by atoms with E-state index in [0.29, 0.717) is 30.3 Å². The first-order valence-electron chi connectivity index (χ1n) is 10.5. The maximum absolute atomic E-state index is 12.8. The number of amidine groups is 1. The SMILES string of the molecule is NC1=NCc2cc(NC(=O)CCC(=O)N(CCO)c3ccc4c(c3)CC(=O)NC4)ccc21. The molecule has 4 rings (SSSR count). The molecule has 0 saturated heterocycles. The predicted octanol–water partition coefficient (Wildman–Crippen LogP) is 0.822. The minimum Gasteiger partial charge on any atom is -0.395 e. The van der Waals surface area contributed by atoms with Crippen molar-refractivity contribution >= 4 is 34.9 Å². The van der Waals surface area contributed by atoms with Gasteiger partial charge >= 0.3 is 0 Å². The Hall–Kier alpha value is -3.72. The number of hydrogen-bond donors (Lipinski definition) is 4. The van der Waals surface area contributed by atoms with E-state index in [2.05, 4.69) is 15.6 Å². The van der Waals surface area contributed by atoms with Crippen LogP contribution in [-0.2, 0) is 33.9 Å². The Morgan fingerprint density at radius 3 is 2.78 bits per heavy atom. The number of fused-ring (bicyclic) bond motifs is 2. The Morgan fingerprint density at radius 1 is 1.12 bits per heavy atom. The molecule has 2 heterocycles. The lowest BCUT2D eigenvalue weighted by atomic mass is 9.99. The van der Waals surface area contributed by atoms with E-state index in [9.17, 15) is 19.5 Å². The number of hydrogen-bond acceptors (Lipinski definition) is 6. The van der Waals surface area contributed by atoms with Crippen molar-refractivity contribution in [1.29, 1.82) is 0 Å². The van der Waals surface area contributed by atoms with Gasteiger partial charge in [-0.3, -0.25) is 19.4 Å². The van der Waals surface area contributed by atoms with E-state index in [0.717, 1.165) is 22.3 Å². The summed E-state index contributed by atoms with van der Waals surface area (Å²) in [7, 11) is 0. The highest BCUT2D eigenvalue weighted by Gasteiger charge is 2.21. The minimum atomic E-state index is -0.281. The van der Waals surface area contributed by atoms with Crippen molar-refractivity contribution in [2.45, 2.75) is 32.4 Å². The van der Waals surface area contributed by atoms with Gasteiger partial charge in [0.15, 0.2) is 0 Å². The second-order valence-electron chi connectivity index (χ2n) is 7.80. The normalized spacial score (nSPS) is 14.2. The van der Waals surface area contributed by atoms with Crippen molar-refractivity contribution in [3.8, 4) is 0 Å². The van der Waals surface area contributed by atoms with E-state index < -0.39 is 0 Å². The van der Waals surface area contributed by atoms with Gasteiger partial charge in [0.2, 0.25) is 17.7 Å². The molecule has 0 atom stereocenters. The van der Waals surface area contributed by atoms with E-state index in [1.807, 2.05) is 18.2 Å². The maximum atomic E-state index is 12.8. The topological polar surface area (TPSA) is 137 Å². The number of rotatable bonds is 7. The minimum absolute atomic E-state index is 0.00380. The lowest BCUT2D eigenvalue weighted by molar-refractivity contribution is -0.122. The summed E-state index contributed by atoms with van der Waals surface area (Å²) >= 11 is 0. The summed E-state index contributed by atoms with van der Waals surface area (Å²) < 4.78 is 0. The van der Waals surface area contributed by atoms with Crippen LogP contribution in [0.3, 0.4) is 0 Å². The third-order valence-electron chi connectivity index (χ3n) is 5.60. The molecule has 32 heavy (non-hydrogen) atoms. The molecule has 0 radical (unpaired) electrons. The third kappa shape index (κ3) is 4.62. The zero-order valence-corrected chi connectivity index (χ0v) is 17.6. The average Bonchev–Trinajstić information content (AvgIpc) is 3.15. The van der Waals surface area contributed by atoms with Crippen LogP contribution < -0.4 is 21.3 Å². The summed E-state index contributed by atoms with van der Waals surface area (Å²) in [5.74, 6) is -0.122. The van der Waals surface area contributed by atoms with Crippen molar-refractivity contribution in [2.24, 2.45) is 10.7 Å². The highest BCUT2D eigenvalue weighted by Crippen LogP contribution is 2.24. The molecule has 0 fully saturated rings. The summed E-state index contributed by atoms with van der Waals surface area (Å²) in [6.45, 7) is 0.847. The molecule has 0 unspecified atom stereocenters. The standard InChI is InChI=1S/C23H25N5O4/c24-23-19-4-2-17(9-16(19)13-26-23)27-20(30)5-6-22(32)28(7-8-29)18-3-1-14-12-25-21(31)11-15(14)10-18/h1-4,9-10,29H,5-8,11-13H2,(H2,24,26)(H,25,31)(H,27,30). The molecule has 0 saturated carbocycles. The first-order chi connectivity index (χ1) is 15.4. The molecule has 2 aliphatic rings. The number of aliphatic hydroxyl groups is 1. The zero-order valence-electron chi connectivity index (χ0n) is 17.6. The number of nitrogens with two attached hydrogens (primary N) is 1. The molecular formula is C23H25N5O4. The number of anilines is 2. The largest absolute Gasteiger partial charge is 0.395 e. The number of nitrogens with zero attached hydrogens (tertiary/aromatic N) is 2. The Morgan fingerprint density at radius 2 is 1.97 bits per heavy atom. The molecule has 9 nitrogen and oxygen atoms in total. The van der Waals surface area contributed by atoms with E-state index in [1.54, 1.807) is 18.2 Å². The fraction of sp³-hybridized carbons (Fsp3) is 0.304. The maximum Gasteiger partial charge on any atom is 0.227 e. The number of nitrogens with one attached hydrogen (secondary N) is 2. The van der Waals surface area contributed by atoms with Gasteiger partial charge in [0.1, 0.15) is 5.84 Å². The van der Waals surface area contributed by atoms with Crippen LogP contribution in [0.1, 0.15) is 35.1 Å². The van der Waals surface area contributed by atoms with Crippen LogP contribution in [0.25, 0.3) is 0 Å². The molecule has 3 amide bonds. The molecule has 0 spiro atoms. The molecule has 0 bridgehead atoms. The lowest BCUT2D eigenvalue weighted by Gasteiger charge is -2.25. The first-order valence-corrected chi connectivity index (χ1v) is 10.5.